The molecule has 9 heteroatoms. The second-order valence-electron chi connectivity index (χ2n) is 6.07. The summed E-state index contributed by atoms with van der Waals surface area (Å²) in [6.45, 7) is 3.50. The Balaban J connectivity index is 2.74. The zero-order valence-corrected chi connectivity index (χ0v) is 14.4. The van der Waals surface area contributed by atoms with Crippen molar-refractivity contribution >= 4 is 5.78 Å². The zero-order valence-electron chi connectivity index (χ0n) is 14.4. The van der Waals surface area contributed by atoms with Gasteiger partial charge in [0.25, 0.3) is 0 Å². The van der Waals surface area contributed by atoms with E-state index in [1.807, 2.05) is 13.8 Å². The molecule has 0 radical (unpaired) electrons. The fraction of sp³-hybridized carbons (Fsp3) is 0.588. The van der Waals surface area contributed by atoms with Gasteiger partial charge >= 0.3 is 12.4 Å². The van der Waals surface area contributed by atoms with Crippen molar-refractivity contribution in [3.8, 4) is 5.75 Å². The smallest absolute Gasteiger partial charge is 0.416 e. The number of hydrogen-bond acceptors (Lipinski definition) is 3. The van der Waals surface area contributed by atoms with Gasteiger partial charge in [-0.25, -0.2) is 0 Å². The lowest BCUT2D eigenvalue weighted by molar-refractivity contribution is -0.143. The number of ketones is 1. The Labute approximate surface area is 147 Å². The van der Waals surface area contributed by atoms with Crippen molar-refractivity contribution in [3.05, 3.63) is 29.3 Å². The molecule has 0 aliphatic rings. The Bertz CT molecular complexity index is 580. The van der Waals surface area contributed by atoms with Gasteiger partial charge in [-0.1, -0.05) is 20.3 Å². The maximum atomic E-state index is 12.7. The summed E-state index contributed by atoms with van der Waals surface area (Å²) in [6.07, 6.45) is -8.97. The monoisotopic (exact) mass is 385 g/mol. The lowest BCUT2D eigenvalue weighted by Crippen LogP contribution is -2.36. The minimum absolute atomic E-state index is 0.0128. The van der Waals surface area contributed by atoms with Crippen LogP contribution in [0.2, 0.25) is 0 Å². The Morgan fingerprint density at radius 2 is 1.58 bits per heavy atom. The van der Waals surface area contributed by atoms with E-state index >= 15 is 0 Å². The summed E-state index contributed by atoms with van der Waals surface area (Å²) in [6, 6.07) is 0.385. The van der Waals surface area contributed by atoms with Crippen LogP contribution in [0.3, 0.4) is 0 Å². The van der Waals surface area contributed by atoms with Crippen LogP contribution in [0.15, 0.2) is 18.2 Å². The first kappa shape index (κ1) is 22.3. The van der Waals surface area contributed by atoms with E-state index in [-0.39, 0.29) is 37.2 Å². The molecular formula is C17H21F6NO2. The van der Waals surface area contributed by atoms with Gasteiger partial charge in [-0.15, -0.1) is 0 Å². The summed E-state index contributed by atoms with van der Waals surface area (Å²) >= 11 is 0. The molecule has 0 saturated carbocycles. The van der Waals surface area contributed by atoms with Gasteiger partial charge in [0.05, 0.1) is 23.8 Å². The third-order valence-corrected chi connectivity index (χ3v) is 4.03. The van der Waals surface area contributed by atoms with Crippen molar-refractivity contribution in [2.75, 3.05) is 6.61 Å². The van der Waals surface area contributed by atoms with E-state index in [2.05, 4.69) is 0 Å². The van der Waals surface area contributed by atoms with Crippen LogP contribution in [-0.4, -0.2) is 18.4 Å². The normalized spacial score (nSPS) is 14.8. The Morgan fingerprint density at radius 1 is 1.08 bits per heavy atom. The highest BCUT2D eigenvalue weighted by molar-refractivity contribution is 5.83. The molecule has 0 unspecified atom stereocenters. The predicted octanol–water partition coefficient (Wildman–Crippen LogP) is 4.83. The van der Waals surface area contributed by atoms with E-state index in [9.17, 15) is 31.1 Å². The van der Waals surface area contributed by atoms with Crippen molar-refractivity contribution in [3.63, 3.8) is 0 Å². The van der Waals surface area contributed by atoms with E-state index in [1.165, 1.54) is 0 Å². The number of carbonyl (C=O) groups excluding carboxylic acids is 1. The second kappa shape index (κ2) is 8.75. The first-order chi connectivity index (χ1) is 11.9. The van der Waals surface area contributed by atoms with E-state index in [0.29, 0.717) is 18.6 Å². The molecule has 0 saturated heterocycles. The summed E-state index contributed by atoms with van der Waals surface area (Å²) in [5.41, 5.74) is 2.87. The van der Waals surface area contributed by atoms with Crippen molar-refractivity contribution in [1.82, 2.24) is 0 Å². The number of nitrogens with two attached hydrogens (primary N) is 1. The summed E-state index contributed by atoms with van der Waals surface area (Å²) in [5.74, 6) is -0.782. The van der Waals surface area contributed by atoms with Gasteiger partial charge in [0.1, 0.15) is 11.5 Å². The molecular weight excluding hydrogens is 364 g/mol. The molecule has 2 N–H and O–H groups in total. The first-order valence-electron chi connectivity index (χ1n) is 8.06. The van der Waals surface area contributed by atoms with Crippen LogP contribution in [0.1, 0.15) is 44.2 Å². The molecule has 0 aromatic heterocycles. The SMILES string of the molecule is CC[C@H](C)[C@H](N)C(=O)CCCOc1cc(C(F)(F)F)cc(C(F)(F)F)c1. The van der Waals surface area contributed by atoms with Crippen LogP contribution < -0.4 is 10.5 Å². The molecule has 0 amide bonds. The third-order valence-electron chi connectivity index (χ3n) is 4.03. The van der Waals surface area contributed by atoms with Gasteiger partial charge in [0.2, 0.25) is 0 Å². The molecule has 2 atom stereocenters. The Hall–Kier alpha value is -1.77. The topological polar surface area (TPSA) is 52.3 Å². The fourth-order valence-electron chi connectivity index (χ4n) is 2.18. The molecule has 0 aliphatic carbocycles. The van der Waals surface area contributed by atoms with Crippen LogP contribution in [0, 0.1) is 5.92 Å². The lowest BCUT2D eigenvalue weighted by Gasteiger charge is -2.17. The molecule has 0 bridgehead atoms. The van der Waals surface area contributed by atoms with Crippen molar-refractivity contribution in [2.24, 2.45) is 11.7 Å². The lowest BCUT2D eigenvalue weighted by atomic mass is 9.94. The first-order valence-corrected chi connectivity index (χ1v) is 8.06. The van der Waals surface area contributed by atoms with E-state index in [1.54, 1.807) is 0 Å². The van der Waals surface area contributed by atoms with Gasteiger partial charge in [0, 0.05) is 6.42 Å². The Morgan fingerprint density at radius 3 is 2.00 bits per heavy atom. The molecule has 0 spiro atoms. The van der Waals surface area contributed by atoms with Crippen LogP contribution in [0.25, 0.3) is 0 Å². The largest absolute Gasteiger partial charge is 0.494 e. The standard InChI is InChI=1S/C17H21F6NO2/c1-3-10(2)15(24)14(25)5-4-6-26-13-8-11(16(18,19)20)7-12(9-13)17(21,22)23/h7-10,15H,3-6,24H2,1-2H3/t10-,15-/m0/s1. The molecule has 0 fully saturated rings. The molecule has 3 nitrogen and oxygen atoms in total. The number of alkyl halides is 6. The summed E-state index contributed by atoms with van der Waals surface area (Å²) in [4.78, 5) is 11.8. The minimum Gasteiger partial charge on any atom is -0.494 e. The summed E-state index contributed by atoms with van der Waals surface area (Å²) in [5, 5.41) is 0. The average Bonchev–Trinajstić information content (AvgIpc) is 2.55. The highest BCUT2D eigenvalue weighted by Gasteiger charge is 2.37. The Kier molecular flexibility index (Phi) is 7.49. The number of Topliss-reactive ketones (excluding diaryl/α,β-unsaturated/α-hetero) is 1. The maximum Gasteiger partial charge on any atom is 0.416 e. The van der Waals surface area contributed by atoms with Crippen molar-refractivity contribution in [2.45, 2.75) is 51.5 Å². The van der Waals surface area contributed by atoms with Crippen LogP contribution in [-0.2, 0) is 17.1 Å². The van der Waals surface area contributed by atoms with E-state index in [0.717, 1.165) is 0 Å². The van der Waals surface area contributed by atoms with Crippen LogP contribution >= 0.6 is 0 Å². The number of rotatable bonds is 8. The van der Waals surface area contributed by atoms with Crippen LogP contribution in [0.4, 0.5) is 26.3 Å². The molecule has 0 aliphatic heterocycles. The number of benzene rings is 1. The average molecular weight is 385 g/mol. The molecule has 148 valence electrons. The van der Waals surface area contributed by atoms with E-state index in [4.69, 9.17) is 10.5 Å². The number of hydrogen-bond donors (Lipinski definition) is 1. The summed E-state index contributed by atoms with van der Waals surface area (Å²) in [7, 11) is 0. The molecule has 1 aromatic carbocycles. The zero-order chi connectivity index (χ0) is 20.1. The van der Waals surface area contributed by atoms with Gasteiger partial charge in [0.15, 0.2) is 0 Å². The van der Waals surface area contributed by atoms with Gasteiger partial charge in [-0.2, -0.15) is 26.3 Å². The number of ether oxygens (including phenoxy) is 1. The van der Waals surface area contributed by atoms with Crippen molar-refractivity contribution in [1.29, 1.82) is 0 Å². The highest BCUT2D eigenvalue weighted by atomic mass is 19.4. The minimum atomic E-state index is -4.93. The molecule has 1 rings (SSSR count). The highest BCUT2D eigenvalue weighted by Crippen LogP contribution is 2.38. The maximum absolute atomic E-state index is 12.7. The fourth-order valence-corrected chi connectivity index (χ4v) is 2.18. The molecule has 0 heterocycles. The third kappa shape index (κ3) is 6.51. The predicted molar refractivity (Wildman–Crippen MR) is 83.6 cm³/mol. The van der Waals surface area contributed by atoms with Gasteiger partial charge in [-0.3, -0.25) is 4.79 Å². The number of carbonyl (C=O) groups is 1. The molecule has 1 aromatic rings. The second-order valence-corrected chi connectivity index (χ2v) is 6.07. The van der Waals surface area contributed by atoms with Gasteiger partial charge < -0.3 is 10.5 Å². The van der Waals surface area contributed by atoms with Crippen molar-refractivity contribution < 1.29 is 35.9 Å². The van der Waals surface area contributed by atoms with Crippen LogP contribution in [0.5, 0.6) is 5.75 Å². The summed E-state index contributed by atoms with van der Waals surface area (Å²) < 4.78 is 81.5. The quantitative estimate of drug-likeness (QED) is 0.515. The number of halogens is 6. The van der Waals surface area contributed by atoms with Gasteiger partial charge in [-0.05, 0) is 30.5 Å². The van der Waals surface area contributed by atoms with E-state index < -0.39 is 35.3 Å². The molecule has 26 heavy (non-hydrogen) atoms.